The van der Waals surface area contributed by atoms with Gasteiger partial charge < -0.3 is 4.74 Å². The molecule has 3 aromatic rings. The molecule has 3 rings (SSSR count). The molecule has 0 heterocycles. The Morgan fingerprint density at radius 3 is 2.28 bits per heavy atom. The Labute approximate surface area is 146 Å². The second-order valence-electron chi connectivity index (χ2n) is 5.65. The predicted octanol–water partition coefficient (Wildman–Crippen LogP) is 5.80. The molecule has 0 aromatic heterocycles. The van der Waals surface area contributed by atoms with Crippen LogP contribution in [0.15, 0.2) is 83.0 Å². The molecule has 0 radical (unpaired) electrons. The van der Waals surface area contributed by atoms with Crippen LogP contribution < -0.4 is 4.74 Å². The molecule has 124 valence electrons. The molecule has 0 aliphatic rings. The lowest BCUT2D eigenvalue weighted by atomic mass is 10.2. The SMILES string of the molecule is Cc1ccc(N=Nc2ccc(OCc3ccccc3)c(C=O)c2)cc1. The summed E-state index contributed by atoms with van der Waals surface area (Å²) in [4.78, 5) is 11.4. The Kier molecular flexibility index (Phi) is 5.32. The zero-order chi connectivity index (χ0) is 17.5. The van der Waals surface area contributed by atoms with E-state index < -0.39 is 0 Å². The number of aryl methyl sites for hydroxylation is 1. The first kappa shape index (κ1) is 16.6. The molecule has 0 aliphatic heterocycles. The van der Waals surface area contributed by atoms with Gasteiger partial charge in [-0.2, -0.15) is 10.2 Å². The quantitative estimate of drug-likeness (QED) is 0.423. The van der Waals surface area contributed by atoms with Crippen molar-refractivity contribution in [2.24, 2.45) is 10.2 Å². The highest BCUT2D eigenvalue weighted by molar-refractivity contribution is 5.81. The number of ether oxygens (including phenoxy) is 1. The van der Waals surface area contributed by atoms with E-state index >= 15 is 0 Å². The van der Waals surface area contributed by atoms with Gasteiger partial charge in [0.05, 0.1) is 16.9 Å². The Morgan fingerprint density at radius 2 is 1.56 bits per heavy atom. The van der Waals surface area contributed by atoms with Crippen LogP contribution in [-0.4, -0.2) is 6.29 Å². The molecule has 0 atom stereocenters. The summed E-state index contributed by atoms with van der Waals surface area (Å²) in [6, 6.07) is 22.8. The molecular formula is C21H18N2O2. The van der Waals surface area contributed by atoms with E-state index in [1.165, 1.54) is 5.56 Å². The van der Waals surface area contributed by atoms with Crippen molar-refractivity contribution in [1.29, 1.82) is 0 Å². The molecule has 0 aliphatic carbocycles. The molecule has 4 nitrogen and oxygen atoms in total. The zero-order valence-corrected chi connectivity index (χ0v) is 13.9. The number of benzene rings is 3. The smallest absolute Gasteiger partial charge is 0.153 e. The number of hydrogen-bond acceptors (Lipinski definition) is 4. The highest BCUT2D eigenvalue weighted by Crippen LogP contribution is 2.25. The molecule has 0 N–H and O–H groups in total. The lowest BCUT2D eigenvalue weighted by molar-refractivity contribution is 0.111. The van der Waals surface area contributed by atoms with E-state index in [-0.39, 0.29) is 0 Å². The van der Waals surface area contributed by atoms with E-state index in [1.807, 2.05) is 61.5 Å². The number of carbonyl (C=O) groups is 1. The van der Waals surface area contributed by atoms with Gasteiger partial charge in [-0.25, -0.2) is 0 Å². The molecule has 4 heteroatoms. The fraction of sp³-hybridized carbons (Fsp3) is 0.0952. The highest BCUT2D eigenvalue weighted by atomic mass is 16.5. The van der Waals surface area contributed by atoms with E-state index in [1.54, 1.807) is 18.2 Å². The van der Waals surface area contributed by atoms with E-state index in [2.05, 4.69) is 10.2 Å². The summed E-state index contributed by atoms with van der Waals surface area (Å²) in [5.41, 5.74) is 4.04. The third-order valence-electron chi connectivity index (χ3n) is 3.67. The minimum Gasteiger partial charge on any atom is -0.488 e. The monoisotopic (exact) mass is 330 g/mol. The Morgan fingerprint density at radius 1 is 0.880 bits per heavy atom. The van der Waals surface area contributed by atoms with E-state index in [4.69, 9.17) is 4.74 Å². The van der Waals surface area contributed by atoms with E-state index in [0.717, 1.165) is 17.5 Å². The number of carbonyl (C=O) groups excluding carboxylic acids is 1. The lowest BCUT2D eigenvalue weighted by Crippen LogP contribution is -1.97. The van der Waals surface area contributed by atoms with Crippen molar-refractivity contribution in [2.75, 3.05) is 0 Å². The van der Waals surface area contributed by atoms with Gasteiger partial charge in [-0.15, -0.1) is 0 Å². The van der Waals surface area contributed by atoms with Gasteiger partial charge in [-0.05, 0) is 42.8 Å². The number of hydrogen-bond donors (Lipinski definition) is 0. The topological polar surface area (TPSA) is 51.0 Å². The molecular weight excluding hydrogens is 312 g/mol. The molecule has 0 saturated heterocycles. The third-order valence-corrected chi connectivity index (χ3v) is 3.67. The maximum atomic E-state index is 11.4. The van der Waals surface area contributed by atoms with Gasteiger partial charge >= 0.3 is 0 Å². The van der Waals surface area contributed by atoms with Gasteiger partial charge in [0.2, 0.25) is 0 Å². The van der Waals surface area contributed by atoms with Gasteiger partial charge in [0.1, 0.15) is 12.4 Å². The van der Waals surface area contributed by atoms with Crippen LogP contribution in [0.25, 0.3) is 0 Å². The van der Waals surface area contributed by atoms with Gasteiger partial charge in [-0.1, -0.05) is 48.0 Å². The van der Waals surface area contributed by atoms with Crippen LogP contribution in [0, 0.1) is 6.92 Å². The van der Waals surface area contributed by atoms with Crippen molar-refractivity contribution < 1.29 is 9.53 Å². The van der Waals surface area contributed by atoms with Crippen molar-refractivity contribution in [1.82, 2.24) is 0 Å². The van der Waals surface area contributed by atoms with Gasteiger partial charge in [0.25, 0.3) is 0 Å². The summed E-state index contributed by atoms with van der Waals surface area (Å²) < 4.78 is 5.74. The normalized spacial score (nSPS) is 10.8. The van der Waals surface area contributed by atoms with Crippen LogP contribution in [0.3, 0.4) is 0 Å². The molecule has 0 saturated carbocycles. The highest BCUT2D eigenvalue weighted by Gasteiger charge is 2.05. The van der Waals surface area contributed by atoms with Gasteiger partial charge in [-0.3, -0.25) is 4.79 Å². The average Bonchev–Trinajstić information content (AvgIpc) is 2.67. The number of aldehydes is 1. The van der Waals surface area contributed by atoms with Crippen molar-refractivity contribution in [3.8, 4) is 5.75 Å². The summed E-state index contributed by atoms with van der Waals surface area (Å²) in [6.07, 6.45) is 0.769. The summed E-state index contributed by atoms with van der Waals surface area (Å²) in [5, 5.41) is 8.37. The second kappa shape index (κ2) is 8.02. The average molecular weight is 330 g/mol. The van der Waals surface area contributed by atoms with E-state index in [9.17, 15) is 4.79 Å². The lowest BCUT2D eigenvalue weighted by Gasteiger charge is -2.08. The molecule has 3 aromatic carbocycles. The summed E-state index contributed by atoms with van der Waals surface area (Å²) in [5.74, 6) is 0.535. The summed E-state index contributed by atoms with van der Waals surface area (Å²) in [7, 11) is 0. The summed E-state index contributed by atoms with van der Waals surface area (Å²) in [6.45, 7) is 2.43. The van der Waals surface area contributed by atoms with Crippen LogP contribution in [0.2, 0.25) is 0 Å². The van der Waals surface area contributed by atoms with Gasteiger partial charge in [0.15, 0.2) is 6.29 Å². The Hall–Kier alpha value is -3.27. The zero-order valence-electron chi connectivity index (χ0n) is 13.9. The van der Waals surface area contributed by atoms with Crippen LogP contribution in [-0.2, 0) is 6.61 Å². The van der Waals surface area contributed by atoms with Crippen LogP contribution >= 0.6 is 0 Å². The summed E-state index contributed by atoms with van der Waals surface area (Å²) >= 11 is 0. The van der Waals surface area contributed by atoms with Crippen LogP contribution in [0.4, 0.5) is 11.4 Å². The molecule has 0 unspecified atom stereocenters. The number of nitrogens with zero attached hydrogens (tertiary/aromatic N) is 2. The minimum absolute atomic E-state index is 0.409. The molecule has 0 spiro atoms. The fourth-order valence-electron chi connectivity index (χ4n) is 2.28. The molecule has 0 bridgehead atoms. The predicted molar refractivity (Wildman–Crippen MR) is 98.0 cm³/mol. The third kappa shape index (κ3) is 4.61. The first-order valence-electron chi connectivity index (χ1n) is 7.99. The Balaban J connectivity index is 1.72. The Bertz CT molecular complexity index is 872. The number of azo groups is 1. The van der Waals surface area contributed by atoms with Crippen molar-refractivity contribution >= 4 is 17.7 Å². The standard InChI is InChI=1S/C21H18N2O2/c1-16-7-9-19(10-8-16)22-23-20-11-12-21(18(13-20)14-24)25-15-17-5-3-2-4-6-17/h2-14H,15H2,1H3. The van der Waals surface area contributed by atoms with Crippen molar-refractivity contribution in [3.05, 3.63) is 89.5 Å². The van der Waals surface area contributed by atoms with Crippen molar-refractivity contribution in [3.63, 3.8) is 0 Å². The number of rotatable bonds is 6. The maximum Gasteiger partial charge on any atom is 0.153 e. The second-order valence-corrected chi connectivity index (χ2v) is 5.65. The first-order chi connectivity index (χ1) is 12.2. The fourth-order valence-corrected chi connectivity index (χ4v) is 2.28. The van der Waals surface area contributed by atoms with E-state index in [0.29, 0.717) is 23.6 Å². The molecule has 0 fully saturated rings. The van der Waals surface area contributed by atoms with Crippen LogP contribution in [0.5, 0.6) is 5.75 Å². The minimum atomic E-state index is 0.409. The van der Waals surface area contributed by atoms with Crippen molar-refractivity contribution in [2.45, 2.75) is 13.5 Å². The molecule has 25 heavy (non-hydrogen) atoms. The maximum absolute atomic E-state index is 11.4. The van der Waals surface area contributed by atoms with Crippen LogP contribution in [0.1, 0.15) is 21.5 Å². The molecule has 0 amide bonds. The largest absolute Gasteiger partial charge is 0.488 e. The van der Waals surface area contributed by atoms with Gasteiger partial charge in [0, 0.05) is 0 Å². The first-order valence-corrected chi connectivity index (χ1v) is 7.99.